The Bertz CT molecular complexity index is 867. The van der Waals surface area contributed by atoms with Crippen LogP contribution in [0.1, 0.15) is 44.4 Å². The lowest BCUT2D eigenvalue weighted by molar-refractivity contribution is -0.198. The summed E-state index contributed by atoms with van der Waals surface area (Å²) >= 11 is 0. The highest BCUT2D eigenvalue weighted by Gasteiger charge is 2.17. The first-order valence-corrected chi connectivity index (χ1v) is 11.6. The third-order valence-electron chi connectivity index (χ3n) is 5.45. The van der Waals surface area contributed by atoms with Crippen molar-refractivity contribution >= 4 is 17.8 Å². The summed E-state index contributed by atoms with van der Waals surface area (Å²) in [7, 11) is 2.12. The van der Waals surface area contributed by atoms with Gasteiger partial charge in [0.25, 0.3) is 5.91 Å². The third-order valence-corrected chi connectivity index (χ3v) is 5.45. The number of hydrogen-bond acceptors (Lipinski definition) is 7. The van der Waals surface area contributed by atoms with Crippen molar-refractivity contribution in [3.63, 3.8) is 0 Å². The number of ether oxygens (including phenoxy) is 1. The van der Waals surface area contributed by atoms with E-state index in [1.165, 1.54) is 11.6 Å². The van der Waals surface area contributed by atoms with Crippen LogP contribution in [0.4, 0.5) is 5.82 Å². The number of nitrogens with zero attached hydrogens (tertiary/aromatic N) is 3. The molecule has 1 amide bonds. The summed E-state index contributed by atoms with van der Waals surface area (Å²) in [4.78, 5) is 28.4. The van der Waals surface area contributed by atoms with E-state index in [2.05, 4.69) is 70.8 Å². The number of nitrogens with one attached hydrogen (secondary N) is 2. The van der Waals surface area contributed by atoms with E-state index in [-0.39, 0.29) is 18.2 Å². The Morgan fingerprint density at radius 1 is 1.24 bits per heavy atom. The lowest BCUT2D eigenvalue weighted by Crippen LogP contribution is -2.38. The van der Waals surface area contributed by atoms with E-state index in [4.69, 9.17) is 9.57 Å². The fourth-order valence-electron chi connectivity index (χ4n) is 3.53. The topological polar surface area (TPSA) is 88.6 Å². The molecular weight excluding hydrogens is 418 g/mol. The molecule has 0 aliphatic carbocycles. The fraction of sp³-hybridized carbons (Fsp3) is 0.480. The van der Waals surface area contributed by atoms with E-state index >= 15 is 0 Å². The molecule has 1 aromatic carbocycles. The van der Waals surface area contributed by atoms with Gasteiger partial charge in [0.05, 0.1) is 18.1 Å². The van der Waals surface area contributed by atoms with Gasteiger partial charge in [-0.2, -0.15) is 0 Å². The monoisotopic (exact) mass is 453 g/mol. The number of hydroxylamine groups is 1. The Balaban J connectivity index is 1.47. The molecule has 0 saturated carbocycles. The Morgan fingerprint density at radius 3 is 2.73 bits per heavy atom. The molecule has 0 spiro atoms. The van der Waals surface area contributed by atoms with Gasteiger partial charge in [-0.3, -0.25) is 9.78 Å². The Labute approximate surface area is 196 Å². The van der Waals surface area contributed by atoms with E-state index in [0.717, 1.165) is 32.4 Å². The standard InChI is InChI=1S/C25H35N5O3/c1-19(2)22(18-30(3)17-20-9-5-4-6-10-20)28-23-16-26-21(15-27-23)12-13-24(31)29-33-25-11-7-8-14-32-25/h4-6,9-10,12-13,15-16,19,22,25H,7-8,11,14,17-18H2,1-3H3,(H,27,28)(H,29,31)/b13-12+/t22-,25?/m0/s1. The van der Waals surface area contributed by atoms with Gasteiger partial charge in [-0.25, -0.2) is 15.3 Å². The van der Waals surface area contributed by atoms with Crippen molar-refractivity contribution in [2.75, 3.05) is 25.5 Å². The maximum absolute atomic E-state index is 11.9. The van der Waals surface area contributed by atoms with Gasteiger partial charge in [-0.1, -0.05) is 44.2 Å². The molecule has 2 atom stereocenters. The average molecular weight is 454 g/mol. The molecule has 2 N–H and O–H groups in total. The van der Waals surface area contributed by atoms with Crippen molar-refractivity contribution in [3.05, 3.63) is 60.1 Å². The summed E-state index contributed by atoms with van der Waals surface area (Å²) in [5, 5.41) is 3.49. The largest absolute Gasteiger partial charge is 0.365 e. The lowest BCUT2D eigenvalue weighted by atomic mass is 10.0. The van der Waals surface area contributed by atoms with Crippen LogP contribution in [-0.4, -0.2) is 53.3 Å². The zero-order valence-corrected chi connectivity index (χ0v) is 19.7. The van der Waals surface area contributed by atoms with Crippen LogP contribution >= 0.6 is 0 Å². The molecular formula is C25H35N5O3. The second-order valence-corrected chi connectivity index (χ2v) is 8.72. The molecule has 3 rings (SSSR count). The molecule has 1 unspecified atom stereocenters. The number of carbonyl (C=O) groups excluding carboxylic acids is 1. The van der Waals surface area contributed by atoms with E-state index in [0.29, 0.717) is 24.0 Å². The number of amides is 1. The molecule has 1 aliphatic rings. The Morgan fingerprint density at radius 2 is 2.06 bits per heavy atom. The second-order valence-electron chi connectivity index (χ2n) is 8.72. The third kappa shape index (κ3) is 8.92. The molecule has 8 heteroatoms. The number of benzene rings is 1. The SMILES string of the molecule is CC(C)[C@H](CN(C)Cc1ccccc1)Nc1cnc(/C=C/C(=O)NOC2CCCCO2)cn1. The van der Waals surface area contributed by atoms with Crippen LogP contribution in [0.3, 0.4) is 0 Å². The van der Waals surface area contributed by atoms with Crippen LogP contribution in [0, 0.1) is 5.92 Å². The van der Waals surface area contributed by atoms with Crippen molar-refractivity contribution in [2.45, 2.75) is 52.0 Å². The van der Waals surface area contributed by atoms with Crippen LogP contribution < -0.4 is 10.8 Å². The quantitative estimate of drug-likeness (QED) is 0.397. The van der Waals surface area contributed by atoms with Crippen molar-refractivity contribution in [1.29, 1.82) is 0 Å². The zero-order chi connectivity index (χ0) is 23.5. The Kier molecular flexibility index (Phi) is 9.80. The van der Waals surface area contributed by atoms with Gasteiger partial charge in [0.15, 0.2) is 6.29 Å². The maximum atomic E-state index is 11.9. The van der Waals surface area contributed by atoms with Gasteiger partial charge in [0, 0.05) is 38.2 Å². The van der Waals surface area contributed by atoms with Crippen LogP contribution in [0.5, 0.6) is 0 Å². The number of carbonyl (C=O) groups is 1. The summed E-state index contributed by atoms with van der Waals surface area (Å²) in [5.41, 5.74) is 4.27. The summed E-state index contributed by atoms with van der Waals surface area (Å²) in [6.45, 7) is 6.81. The minimum Gasteiger partial charge on any atom is -0.365 e. The maximum Gasteiger partial charge on any atom is 0.267 e. The number of anilines is 1. The van der Waals surface area contributed by atoms with Gasteiger partial charge in [-0.15, -0.1) is 0 Å². The predicted molar refractivity (Wildman–Crippen MR) is 129 cm³/mol. The molecule has 1 aromatic heterocycles. The molecule has 33 heavy (non-hydrogen) atoms. The smallest absolute Gasteiger partial charge is 0.267 e. The van der Waals surface area contributed by atoms with Crippen molar-refractivity contribution in [3.8, 4) is 0 Å². The predicted octanol–water partition coefficient (Wildman–Crippen LogP) is 3.63. The first kappa shape index (κ1) is 24.8. The molecule has 178 valence electrons. The molecule has 1 saturated heterocycles. The van der Waals surface area contributed by atoms with Crippen LogP contribution in [-0.2, 0) is 20.9 Å². The molecule has 0 bridgehead atoms. The van der Waals surface area contributed by atoms with Crippen LogP contribution in [0.25, 0.3) is 6.08 Å². The van der Waals surface area contributed by atoms with E-state index in [1.54, 1.807) is 18.5 Å². The first-order valence-electron chi connectivity index (χ1n) is 11.6. The highest BCUT2D eigenvalue weighted by atomic mass is 16.8. The first-order chi connectivity index (χ1) is 16.0. The lowest BCUT2D eigenvalue weighted by Gasteiger charge is -2.28. The summed E-state index contributed by atoms with van der Waals surface area (Å²) in [6, 6.07) is 10.7. The number of likely N-dealkylation sites (N-methyl/N-ethyl adjacent to an activating group) is 1. The van der Waals surface area contributed by atoms with Gasteiger partial charge in [-0.05, 0) is 37.4 Å². The van der Waals surface area contributed by atoms with Crippen LogP contribution in [0.15, 0.2) is 48.8 Å². The minimum atomic E-state index is -0.373. The Hall–Kier alpha value is -2.81. The van der Waals surface area contributed by atoms with E-state index < -0.39 is 0 Å². The van der Waals surface area contributed by atoms with Crippen molar-refractivity contribution in [1.82, 2.24) is 20.3 Å². The molecule has 2 aromatic rings. The summed E-state index contributed by atoms with van der Waals surface area (Å²) in [6.07, 6.45) is 8.77. The molecule has 2 heterocycles. The molecule has 8 nitrogen and oxygen atoms in total. The minimum absolute atomic E-state index is 0.222. The molecule has 1 aliphatic heterocycles. The van der Waals surface area contributed by atoms with E-state index in [1.807, 2.05) is 6.07 Å². The second kappa shape index (κ2) is 13.0. The fourth-order valence-corrected chi connectivity index (χ4v) is 3.53. The average Bonchev–Trinajstić information content (AvgIpc) is 2.83. The number of aromatic nitrogens is 2. The molecule has 1 fully saturated rings. The van der Waals surface area contributed by atoms with Gasteiger partial charge >= 0.3 is 0 Å². The van der Waals surface area contributed by atoms with Crippen LogP contribution in [0.2, 0.25) is 0 Å². The van der Waals surface area contributed by atoms with E-state index in [9.17, 15) is 4.79 Å². The zero-order valence-electron chi connectivity index (χ0n) is 19.7. The van der Waals surface area contributed by atoms with Gasteiger partial charge < -0.3 is 15.0 Å². The number of hydrogen-bond donors (Lipinski definition) is 2. The molecule has 0 radical (unpaired) electrons. The highest BCUT2D eigenvalue weighted by Crippen LogP contribution is 2.14. The number of rotatable bonds is 11. The summed E-state index contributed by atoms with van der Waals surface area (Å²) < 4.78 is 5.41. The van der Waals surface area contributed by atoms with Gasteiger partial charge in [0.1, 0.15) is 5.82 Å². The van der Waals surface area contributed by atoms with Gasteiger partial charge in [0.2, 0.25) is 0 Å². The highest BCUT2D eigenvalue weighted by molar-refractivity contribution is 5.90. The van der Waals surface area contributed by atoms with Crippen molar-refractivity contribution < 1.29 is 14.4 Å². The van der Waals surface area contributed by atoms with Crippen molar-refractivity contribution in [2.24, 2.45) is 5.92 Å². The normalized spacial score (nSPS) is 17.4. The summed E-state index contributed by atoms with van der Waals surface area (Å²) in [5.74, 6) is 0.761.